The van der Waals surface area contributed by atoms with Crippen LogP contribution < -0.4 is 0 Å². The first-order chi connectivity index (χ1) is 18.2. The molecule has 3 aromatic rings. The molecule has 0 bridgehead atoms. The van der Waals surface area contributed by atoms with E-state index in [1.165, 1.54) is 0 Å². The summed E-state index contributed by atoms with van der Waals surface area (Å²) in [7, 11) is 0.321. The van der Waals surface area contributed by atoms with Gasteiger partial charge in [-0.2, -0.15) is 0 Å². The Morgan fingerprint density at radius 3 is 1.95 bits per heavy atom. The van der Waals surface area contributed by atoms with E-state index < -0.39 is 47.8 Å². The van der Waals surface area contributed by atoms with E-state index >= 15 is 0 Å². The lowest BCUT2D eigenvalue weighted by Crippen LogP contribution is -2.64. The maximum atomic E-state index is 12.9. The molecule has 2 aliphatic rings. The van der Waals surface area contributed by atoms with Crippen molar-refractivity contribution >= 4 is 10.8 Å². The predicted molar refractivity (Wildman–Crippen MR) is 138 cm³/mol. The van der Waals surface area contributed by atoms with Gasteiger partial charge < -0.3 is 28.4 Å². The average Bonchev–Trinajstić information content (AvgIpc) is 2.96. The van der Waals surface area contributed by atoms with Gasteiger partial charge in [-0.1, -0.05) is 78.9 Å². The summed E-state index contributed by atoms with van der Waals surface area (Å²) in [6.07, 6.45) is -3.26. The molecule has 2 unspecified atom stereocenters. The van der Waals surface area contributed by atoms with Crippen molar-refractivity contribution in [2.45, 2.75) is 55.1 Å². The first-order valence-corrected chi connectivity index (χ1v) is 13.7. The molecule has 2 aliphatic heterocycles. The lowest BCUT2D eigenvalue weighted by Gasteiger charge is -2.48. The topological polar surface area (TPSA) is 72.5 Å². The molecule has 0 saturated carbocycles. The molecule has 37 heavy (non-hydrogen) atoms. The van der Waals surface area contributed by atoms with E-state index in [4.69, 9.17) is 28.4 Å². The fourth-order valence-electron chi connectivity index (χ4n) is 4.56. The third-order valence-corrected chi connectivity index (χ3v) is 7.82. The Hall–Kier alpha value is -2.43. The second-order valence-corrected chi connectivity index (χ2v) is 10.5. The quantitative estimate of drug-likeness (QED) is 0.396. The molecule has 0 aliphatic carbocycles. The summed E-state index contributed by atoms with van der Waals surface area (Å²) < 4.78 is 49.9. The molecule has 2 saturated heterocycles. The van der Waals surface area contributed by atoms with Gasteiger partial charge in [0, 0.05) is 12.0 Å². The van der Waals surface area contributed by atoms with Crippen molar-refractivity contribution in [1.29, 1.82) is 0 Å². The Morgan fingerprint density at radius 2 is 1.35 bits per heavy atom. The van der Waals surface area contributed by atoms with Gasteiger partial charge in [-0.15, -0.1) is 0 Å². The minimum atomic E-state index is -1.27. The number of rotatable bonds is 10. The molecule has 196 valence electrons. The van der Waals surface area contributed by atoms with E-state index in [1.54, 1.807) is 7.11 Å². The van der Waals surface area contributed by atoms with E-state index in [1.807, 2.05) is 91.0 Å². The third-order valence-electron chi connectivity index (χ3n) is 6.44. The summed E-state index contributed by atoms with van der Waals surface area (Å²) in [6.45, 7) is 1.02. The van der Waals surface area contributed by atoms with Crippen molar-refractivity contribution in [3.63, 3.8) is 0 Å². The van der Waals surface area contributed by atoms with Gasteiger partial charge in [0.15, 0.2) is 12.6 Å². The van der Waals surface area contributed by atoms with Crippen LogP contribution in [0.1, 0.15) is 11.1 Å². The van der Waals surface area contributed by atoms with Crippen LogP contribution in [0.5, 0.6) is 0 Å². The number of methoxy groups -OCH3 is 1. The zero-order valence-electron chi connectivity index (χ0n) is 20.7. The van der Waals surface area contributed by atoms with E-state index in [9.17, 15) is 4.21 Å². The third kappa shape index (κ3) is 6.72. The van der Waals surface area contributed by atoms with Gasteiger partial charge >= 0.3 is 0 Å². The van der Waals surface area contributed by atoms with Crippen molar-refractivity contribution in [1.82, 2.24) is 0 Å². The zero-order valence-corrected chi connectivity index (χ0v) is 21.5. The van der Waals surface area contributed by atoms with Crippen molar-refractivity contribution in [2.75, 3.05) is 19.5 Å². The molecule has 0 aromatic heterocycles. The highest BCUT2D eigenvalue weighted by atomic mass is 32.2. The Bertz CT molecular complexity index is 1110. The summed E-state index contributed by atoms with van der Waals surface area (Å²) in [5.74, 6) is 0.210. The molecule has 0 amide bonds. The van der Waals surface area contributed by atoms with Crippen LogP contribution in [-0.4, -0.2) is 60.7 Å². The Labute approximate surface area is 220 Å². The molecule has 3 aromatic carbocycles. The highest BCUT2D eigenvalue weighted by molar-refractivity contribution is 7.85. The van der Waals surface area contributed by atoms with Crippen LogP contribution >= 0.6 is 0 Å². The van der Waals surface area contributed by atoms with Crippen LogP contribution in [-0.2, 0) is 52.4 Å². The second-order valence-electron chi connectivity index (χ2n) is 8.99. The van der Waals surface area contributed by atoms with Crippen LogP contribution in [0.4, 0.5) is 0 Å². The lowest BCUT2D eigenvalue weighted by molar-refractivity contribution is -0.363. The van der Waals surface area contributed by atoms with Gasteiger partial charge in [0.05, 0.1) is 36.4 Å². The molecule has 0 radical (unpaired) electrons. The molecular formula is C29H32O7S. The highest BCUT2D eigenvalue weighted by Gasteiger charge is 2.51. The SMILES string of the molecule is CO[C@@H]1O[C@@H]2COC(CS(=O)c3ccccc3)O[C@@H]2[C@H](OCc2ccccc2)[C@H]1OCc1ccccc1. The van der Waals surface area contributed by atoms with Crippen LogP contribution in [0.3, 0.4) is 0 Å². The van der Waals surface area contributed by atoms with Crippen LogP contribution in [0.25, 0.3) is 0 Å². The van der Waals surface area contributed by atoms with Gasteiger partial charge in [-0.05, 0) is 23.3 Å². The summed E-state index contributed by atoms with van der Waals surface area (Å²) in [6, 6.07) is 29.2. The molecule has 2 fully saturated rings. The van der Waals surface area contributed by atoms with Gasteiger partial charge in [0.2, 0.25) is 0 Å². The largest absolute Gasteiger partial charge is 0.368 e. The van der Waals surface area contributed by atoms with Crippen molar-refractivity contribution < 1.29 is 32.6 Å². The zero-order chi connectivity index (χ0) is 25.5. The van der Waals surface area contributed by atoms with Crippen molar-refractivity contribution in [3.8, 4) is 0 Å². The molecular weight excluding hydrogens is 492 g/mol. The molecule has 0 N–H and O–H groups in total. The molecule has 5 rings (SSSR count). The highest BCUT2D eigenvalue weighted by Crippen LogP contribution is 2.33. The van der Waals surface area contributed by atoms with Gasteiger partial charge in [0.1, 0.15) is 24.4 Å². The first-order valence-electron chi connectivity index (χ1n) is 12.4. The fraction of sp³-hybridized carbons (Fsp3) is 0.379. The van der Waals surface area contributed by atoms with E-state index in [-0.39, 0.29) is 12.4 Å². The summed E-state index contributed by atoms with van der Waals surface area (Å²) in [4.78, 5) is 0.733. The normalized spacial score (nSPS) is 28.4. The minimum absolute atomic E-state index is 0.210. The monoisotopic (exact) mass is 524 g/mol. The first kappa shape index (κ1) is 26.2. The van der Waals surface area contributed by atoms with E-state index in [0.29, 0.717) is 13.2 Å². The minimum Gasteiger partial charge on any atom is -0.368 e. The number of benzene rings is 3. The smallest absolute Gasteiger partial charge is 0.186 e. The Balaban J connectivity index is 1.34. The standard InChI is InChI=1S/C29H32O7S/c1-31-29-28(34-18-22-13-7-3-8-14-22)27(33-17-21-11-5-2-6-12-21)26-24(35-29)19-32-25(36-26)20-37(30)23-15-9-4-10-16-23/h2-16,24-29H,17-20H2,1H3/t24-,25?,26+,27+,28-,29-,37?/m1/s1. The van der Waals surface area contributed by atoms with E-state index in [2.05, 4.69) is 0 Å². The van der Waals surface area contributed by atoms with Gasteiger partial charge in [-0.3, -0.25) is 4.21 Å². The molecule has 2 heterocycles. The molecule has 7 atom stereocenters. The molecule has 7 nitrogen and oxygen atoms in total. The number of fused-ring (bicyclic) bond motifs is 1. The maximum Gasteiger partial charge on any atom is 0.186 e. The summed E-state index contributed by atoms with van der Waals surface area (Å²) in [5, 5.41) is 0. The van der Waals surface area contributed by atoms with Crippen LogP contribution in [0, 0.1) is 0 Å². The molecule has 0 spiro atoms. The predicted octanol–water partition coefficient (Wildman–Crippen LogP) is 4.08. The van der Waals surface area contributed by atoms with Crippen LogP contribution in [0.15, 0.2) is 95.9 Å². The number of hydrogen-bond acceptors (Lipinski definition) is 7. The molecule has 8 heteroatoms. The summed E-state index contributed by atoms with van der Waals surface area (Å²) in [5.41, 5.74) is 2.07. The number of hydrogen-bond donors (Lipinski definition) is 0. The lowest BCUT2D eigenvalue weighted by atomic mass is 9.97. The van der Waals surface area contributed by atoms with E-state index in [0.717, 1.165) is 16.0 Å². The summed E-state index contributed by atoms with van der Waals surface area (Å²) >= 11 is 0. The van der Waals surface area contributed by atoms with Crippen molar-refractivity contribution in [2.24, 2.45) is 0 Å². The van der Waals surface area contributed by atoms with Crippen molar-refractivity contribution in [3.05, 3.63) is 102 Å². The van der Waals surface area contributed by atoms with Crippen LogP contribution in [0.2, 0.25) is 0 Å². The average molecular weight is 525 g/mol. The Kier molecular flexibility index (Phi) is 9.12. The Morgan fingerprint density at radius 1 is 0.784 bits per heavy atom. The fourth-order valence-corrected chi connectivity index (χ4v) is 5.64. The number of ether oxygens (including phenoxy) is 6. The van der Waals surface area contributed by atoms with Gasteiger partial charge in [-0.25, -0.2) is 0 Å². The van der Waals surface area contributed by atoms with Gasteiger partial charge in [0.25, 0.3) is 0 Å². The second kappa shape index (κ2) is 12.9. The maximum absolute atomic E-state index is 12.9.